The molecule has 4 rings (SSSR count). The van der Waals surface area contributed by atoms with Gasteiger partial charge in [-0.15, -0.1) is 0 Å². The molecule has 1 aliphatic rings. The van der Waals surface area contributed by atoms with Crippen molar-refractivity contribution in [3.63, 3.8) is 0 Å². The molecule has 1 aliphatic heterocycles. The molecule has 3 aromatic rings. The van der Waals surface area contributed by atoms with Crippen LogP contribution in [0.1, 0.15) is 5.56 Å². The average Bonchev–Trinajstić information content (AvgIpc) is 3.29. The molecule has 3 N–H and O–H groups in total. The van der Waals surface area contributed by atoms with Gasteiger partial charge >= 0.3 is 0 Å². The first-order valence-electron chi connectivity index (χ1n) is 10.9. The summed E-state index contributed by atoms with van der Waals surface area (Å²) in [5.41, 5.74) is 2.67. The normalized spacial score (nSPS) is 15.0. The molecule has 176 valence electrons. The molecule has 2 amide bonds. The Morgan fingerprint density at radius 2 is 1.82 bits per heavy atom. The third kappa shape index (κ3) is 5.07. The van der Waals surface area contributed by atoms with Crippen molar-refractivity contribution >= 4 is 40.2 Å². The van der Waals surface area contributed by atoms with Crippen molar-refractivity contribution in [2.24, 2.45) is 0 Å². The number of aliphatic hydroxyl groups excluding tert-OH is 1. The molecule has 2 heterocycles. The predicted octanol–water partition coefficient (Wildman–Crippen LogP) is 1.92. The number of aromatic nitrogens is 1. The lowest BCUT2D eigenvalue weighted by molar-refractivity contribution is -0.384. The van der Waals surface area contributed by atoms with Gasteiger partial charge in [-0.1, -0.05) is 18.2 Å². The number of carbonyl (C=O) groups is 2. The van der Waals surface area contributed by atoms with E-state index in [4.69, 9.17) is 0 Å². The standard InChI is InChI=1S/C24H25N5O5/c30-16-22(26-23(31)10-5-17-15-25-21-4-2-1-3-20(17)21)24(32)28-13-11-27(12-14-28)18-6-8-19(9-7-18)29(33)34/h1-10,15,22,25,30H,11-14,16H2,(H,26,31)/t22-/m0/s1. The summed E-state index contributed by atoms with van der Waals surface area (Å²) < 4.78 is 0. The van der Waals surface area contributed by atoms with Crippen molar-refractivity contribution < 1.29 is 19.6 Å². The number of nitrogens with one attached hydrogen (secondary N) is 2. The number of H-pyrrole nitrogens is 1. The van der Waals surface area contributed by atoms with E-state index in [0.717, 1.165) is 22.2 Å². The Bertz CT molecular complexity index is 1210. The van der Waals surface area contributed by atoms with Crippen molar-refractivity contribution in [2.75, 3.05) is 37.7 Å². The number of non-ortho nitro benzene ring substituents is 1. The molecule has 0 spiro atoms. The van der Waals surface area contributed by atoms with E-state index in [1.165, 1.54) is 18.2 Å². The summed E-state index contributed by atoms with van der Waals surface area (Å²) in [7, 11) is 0. The fourth-order valence-corrected chi connectivity index (χ4v) is 3.99. The summed E-state index contributed by atoms with van der Waals surface area (Å²) >= 11 is 0. The number of amides is 2. The molecular formula is C24H25N5O5. The number of nitro benzene ring substituents is 1. The largest absolute Gasteiger partial charge is 0.394 e. The first-order valence-corrected chi connectivity index (χ1v) is 10.9. The lowest BCUT2D eigenvalue weighted by atomic mass is 10.1. The molecule has 10 nitrogen and oxygen atoms in total. The highest BCUT2D eigenvalue weighted by Crippen LogP contribution is 2.21. The second-order valence-corrected chi connectivity index (χ2v) is 7.95. The van der Waals surface area contributed by atoms with E-state index in [2.05, 4.69) is 10.3 Å². The van der Waals surface area contributed by atoms with Gasteiger partial charge in [0, 0.05) is 67.2 Å². The molecule has 1 atom stereocenters. The number of piperazine rings is 1. The van der Waals surface area contributed by atoms with Crippen molar-refractivity contribution in [1.29, 1.82) is 0 Å². The number of hydrogen-bond acceptors (Lipinski definition) is 6. The number of hydrogen-bond donors (Lipinski definition) is 3. The van der Waals surface area contributed by atoms with Crippen LogP contribution >= 0.6 is 0 Å². The molecule has 0 unspecified atom stereocenters. The minimum atomic E-state index is -1.04. The van der Waals surface area contributed by atoms with E-state index in [-0.39, 0.29) is 11.6 Å². The van der Waals surface area contributed by atoms with Crippen LogP contribution in [0.3, 0.4) is 0 Å². The number of aromatic amines is 1. The molecular weight excluding hydrogens is 438 g/mol. The quantitative estimate of drug-likeness (QED) is 0.279. The maximum atomic E-state index is 12.9. The van der Waals surface area contributed by atoms with Crippen LogP contribution in [0.25, 0.3) is 17.0 Å². The summed E-state index contributed by atoms with van der Waals surface area (Å²) in [5.74, 6) is -0.818. The number of fused-ring (bicyclic) bond motifs is 1. The van der Waals surface area contributed by atoms with Gasteiger partial charge in [0.15, 0.2) is 0 Å². The lowest BCUT2D eigenvalue weighted by Crippen LogP contribution is -2.56. The maximum absolute atomic E-state index is 12.9. The van der Waals surface area contributed by atoms with Gasteiger partial charge < -0.3 is 25.2 Å². The molecule has 1 fully saturated rings. The number of rotatable bonds is 7. The van der Waals surface area contributed by atoms with Gasteiger partial charge in [-0.2, -0.15) is 0 Å². The smallest absolute Gasteiger partial charge is 0.269 e. The second-order valence-electron chi connectivity index (χ2n) is 7.95. The van der Waals surface area contributed by atoms with Gasteiger partial charge in [-0.25, -0.2) is 0 Å². The van der Waals surface area contributed by atoms with Crippen LogP contribution in [0.4, 0.5) is 11.4 Å². The zero-order valence-electron chi connectivity index (χ0n) is 18.4. The van der Waals surface area contributed by atoms with E-state index in [0.29, 0.717) is 26.2 Å². The van der Waals surface area contributed by atoms with E-state index >= 15 is 0 Å². The second kappa shape index (κ2) is 10.2. The molecule has 2 aromatic carbocycles. The first-order chi connectivity index (χ1) is 16.5. The summed E-state index contributed by atoms with van der Waals surface area (Å²) in [5, 5.41) is 24.1. The summed E-state index contributed by atoms with van der Waals surface area (Å²) in [6, 6.07) is 13.0. The number of anilines is 1. The van der Waals surface area contributed by atoms with Crippen molar-refractivity contribution in [2.45, 2.75) is 6.04 Å². The first kappa shape index (κ1) is 23.0. The van der Waals surface area contributed by atoms with Gasteiger partial charge in [-0.3, -0.25) is 19.7 Å². The van der Waals surface area contributed by atoms with Crippen molar-refractivity contribution in [3.05, 3.63) is 76.5 Å². The minimum absolute atomic E-state index is 0.0258. The molecule has 34 heavy (non-hydrogen) atoms. The van der Waals surface area contributed by atoms with E-state index in [1.54, 1.807) is 29.3 Å². The van der Waals surface area contributed by atoms with Gasteiger partial charge in [-0.05, 0) is 29.8 Å². The number of para-hydroxylation sites is 1. The van der Waals surface area contributed by atoms with Crippen molar-refractivity contribution in [3.8, 4) is 0 Å². The van der Waals surface area contributed by atoms with E-state index in [1.807, 2.05) is 29.2 Å². The summed E-state index contributed by atoms with van der Waals surface area (Å²) in [6.45, 7) is 1.39. The Balaban J connectivity index is 1.32. The van der Waals surface area contributed by atoms with Crippen LogP contribution < -0.4 is 10.2 Å². The molecule has 1 aromatic heterocycles. The Morgan fingerprint density at radius 1 is 1.12 bits per heavy atom. The lowest BCUT2D eigenvalue weighted by Gasteiger charge is -2.37. The monoisotopic (exact) mass is 463 g/mol. The van der Waals surface area contributed by atoms with Gasteiger partial charge in [0.05, 0.1) is 11.5 Å². The highest BCUT2D eigenvalue weighted by molar-refractivity contribution is 5.98. The Hall–Kier alpha value is -4.18. The molecule has 0 aliphatic carbocycles. The SMILES string of the molecule is O=C(C=Cc1c[nH]c2ccccc12)N[C@@H](CO)C(=O)N1CCN(c2ccc([N+](=O)[O-])cc2)CC1. The molecule has 10 heteroatoms. The molecule has 0 bridgehead atoms. The average molecular weight is 463 g/mol. The Morgan fingerprint density at radius 3 is 2.50 bits per heavy atom. The highest BCUT2D eigenvalue weighted by Gasteiger charge is 2.28. The summed E-state index contributed by atoms with van der Waals surface area (Å²) in [6.07, 6.45) is 4.81. The van der Waals surface area contributed by atoms with Crippen LogP contribution in [0, 0.1) is 10.1 Å². The van der Waals surface area contributed by atoms with E-state index < -0.39 is 23.5 Å². The number of carbonyl (C=O) groups excluding carboxylic acids is 2. The number of nitrogens with zero attached hydrogens (tertiary/aromatic N) is 3. The third-order valence-electron chi connectivity index (χ3n) is 5.85. The minimum Gasteiger partial charge on any atom is -0.394 e. The van der Waals surface area contributed by atoms with Gasteiger partial charge in [0.1, 0.15) is 6.04 Å². The predicted molar refractivity (Wildman–Crippen MR) is 128 cm³/mol. The molecule has 0 saturated carbocycles. The number of nitro groups is 1. The van der Waals surface area contributed by atoms with Crippen LogP contribution in [-0.2, 0) is 9.59 Å². The molecule has 1 saturated heterocycles. The maximum Gasteiger partial charge on any atom is 0.269 e. The van der Waals surface area contributed by atoms with Gasteiger partial charge in [0.25, 0.3) is 5.69 Å². The highest BCUT2D eigenvalue weighted by atomic mass is 16.6. The van der Waals surface area contributed by atoms with Crippen LogP contribution in [0.15, 0.2) is 60.8 Å². The van der Waals surface area contributed by atoms with Crippen molar-refractivity contribution in [1.82, 2.24) is 15.2 Å². The third-order valence-corrected chi connectivity index (χ3v) is 5.85. The zero-order chi connectivity index (χ0) is 24.1. The summed E-state index contributed by atoms with van der Waals surface area (Å²) in [4.78, 5) is 42.4. The number of benzene rings is 2. The Kier molecular flexibility index (Phi) is 6.88. The van der Waals surface area contributed by atoms with Crippen LogP contribution in [0.2, 0.25) is 0 Å². The Labute approximate surface area is 195 Å². The number of aliphatic hydroxyl groups is 1. The van der Waals surface area contributed by atoms with E-state index in [9.17, 15) is 24.8 Å². The molecule has 0 radical (unpaired) electrons. The fraction of sp³-hybridized carbons (Fsp3) is 0.250. The van der Waals surface area contributed by atoms with Gasteiger partial charge in [0.2, 0.25) is 11.8 Å². The zero-order valence-corrected chi connectivity index (χ0v) is 18.4. The van der Waals surface area contributed by atoms with Crippen LogP contribution in [0.5, 0.6) is 0 Å². The topological polar surface area (TPSA) is 132 Å². The van der Waals surface area contributed by atoms with Crippen LogP contribution in [-0.4, -0.2) is 70.6 Å². The fourth-order valence-electron chi connectivity index (χ4n) is 3.99.